The maximum Gasteiger partial charge on any atom is 0.255 e. The monoisotopic (exact) mass is 376 g/mol. The van der Waals surface area contributed by atoms with Gasteiger partial charge < -0.3 is 10.1 Å². The van der Waals surface area contributed by atoms with Gasteiger partial charge in [-0.3, -0.25) is 4.79 Å². The number of aryl methyl sites for hydroxylation is 1. The number of hydrogen-bond acceptors (Lipinski definition) is 4. The highest BCUT2D eigenvalue weighted by Gasteiger charge is 2.10. The minimum absolute atomic E-state index is 0.0774. The Bertz CT molecular complexity index is 896. The van der Waals surface area contributed by atoms with E-state index in [4.69, 9.17) is 16.3 Å². The van der Waals surface area contributed by atoms with Crippen molar-refractivity contribution in [2.24, 2.45) is 0 Å². The van der Waals surface area contributed by atoms with Crippen LogP contribution in [0.3, 0.4) is 0 Å². The Labute approximate surface area is 153 Å². The molecule has 1 heterocycles. The molecule has 0 unspecified atom stereocenters. The minimum atomic E-state index is -0.584. The summed E-state index contributed by atoms with van der Waals surface area (Å²) in [7, 11) is 0. The van der Waals surface area contributed by atoms with Crippen molar-refractivity contribution in [3.05, 3.63) is 74.9 Å². The Morgan fingerprint density at radius 3 is 2.68 bits per heavy atom. The van der Waals surface area contributed by atoms with Crippen molar-refractivity contribution in [1.82, 2.24) is 4.98 Å². The van der Waals surface area contributed by atoms with Gasteiger partial charge in [0.1, 0.15) is 18.2 Å². The van der Waals surface area contributed by atoms with Crippen LogP contribution in [0.4, 0.5) is 10.1 Å². The first-order chi connectivity index (χ1) is 12.0. The van der Waals surface area contributed by atoms with Gasteiger partial charge in [0, 0.05) is 16.0 Å². The average Bonchev–Trinajstić information content (AvgIpc) is 3.01. The van der Waals surface area contributed by atoms with Gasteiger partial charge in [-0.1, -0.05) is 11.6 Å². The molecule has 0 spiro atoms. The molecule has 0 fully saturated rings. The molecule has 2 aromatic carbocycles. The molecule has 25 heavy (non-hydrogen) atoms. The predicted molar refractivity (Wildman–Crippen MR) is 97.0 cm³/mol. The van der Waals surface area contributed by atoms with Crippen molar-refractivity contribution < 1.29 is 13.9 Å². The molecule has 0 radical (unpaired) electrons. The van der Waals surface area contributed by atoms with Gasteiger partial charge in [-0.15, -0.1) is 11.3 Å². The molecule has 0 bridgehead atoms. The number of hydrogen-bond donors (Lipinski definition) is 1. The minimum Gasteiger partial charge on any atom is -0.487 e. The zero-order valence-corrected chi connectivity index (χ0v) is 14.8. The lowest BCUT2D eigenvalue weighted by Gasteiger charge is -2.08. The summed E-state index contributed by atoms with van der Waals surface area (Å²) in [5.41, 5.74) is 1.34. The lowest BCUT2D eigenvalue weighted by molar-refractivity contribution is 0.102. The van der Waals surface area contributed by atoms with E-state index >= 15 is 0 Å². The van der Waals surface area contributed by atoms with Crippen molar-refractivity contribution in [2.75, 3.05) is 5.32 Å². The van der Waals surface area contributed by atoms with Gasteiger partial charge in [0.05, 0.1) is 16.4 Å². The summed E-state index contributed by atoms with van der Waals surface area (Å²) in [6.07, 6.45) is 0. The molecule has 128 valence electrons. The number of carbonyl (C=O) groups excluding carboxylic acids is 1. The summed E-state index contributed by atoms with van der Waals surface area (Å²) < 4.78 is 19.4. The first-order valence-electron chi connectivity index (χ1n) is 7.41. The van der Waals surface area contributed by atoms with Crippen LogP contribution in [-0.2, 0) is 6.61 Å². The number of rotatable bonds is 5. The number of anilines is 1. The molecule has 3 aromatic rings. The third-order valence-corrected chi connectivity index (χ3v) is 4.41. The molecule has 1 amide bonds. The average molecular weight is 377 g/mol. The van der Waals surface area contributed by atoms with E-state index < -0.39 is 11.7 Å². The predicted octanol–water partition coefficient (Wildman–Crippen LogP) is 5.08. The molecule has 0 aliphatic heterocycles. The number of halogens is 2. The maximum atomic E-state index is 13.7. The number of nitrogens with zero attached hydrogens (tertiary/aromatic N) is 1. The van der Waals surface area contributed by atoms with Gasteiger partial charge >= 0.3 is 0 Å². The highest BCUT2D eigenvalue weighted by molar-refractivity contribution is 7.09. The van der Waals surface area contributed by atoms with E-state index in [1.54, 1.807) is 35.6 Å². The zero-order valence-electron chi connectivity index (χ0n) is 13.3. The molecule has 0 saturated carbocycles. The fourth-order valence-corrected chi connectivity index (χ4v) is 2.88. The molecule has 0 aliphatic rings. The summed E-state index contributed by atoms with van der Waals surface area (Å²) in [6, 6.07) is 10.7. The molecule has 0 saturated heterocycles. The second-order valence-corrected chi connectivity index (χ2v) is 6.75. The number of nitrogens with one attached hydrogen (secondary N) is 1. The van der Waals surface area contributed by atoms with Crippen LogP contribution in [-0.4, -0.2) is 10.9 Å². The van der Waals surface area contributed by atoms with Crippen LogP contribution in [0.5, 0.6) is 5.75 Å². The first-order valence-corrected chi connectivity index (χ1v) is 8.67. The van der Waals surface area contributed by atoms with Crippen LogP contribution in [0.2, 0.25) is 5.02 Å². The SMILES string of the molecule is Cc1nc(COc2ccc(C(=O)Nc3ccc(Cl)cc3F)cc2)cs1. The lowest BCUT2D eigenvalue weighted by atomic mass is 10.2. The molecule has 0 aliphatic carbocycles. The second kappa shape index (κ2) is 7.63. The smallest absolute Gasteiger partial charge is 0.255 e. The number of carbonyl (C=O) groups is 1. The van der Waals surface area contributed by atoms with E-state index in [0.29, 0.717) is 17.9 Å². The molecular weight excluding hydrogens is 363 g/mol. The normalized spacial score (nSPS) is 10.5. The Hall–Kier alpha value is -2.44. The van der Waals surface area contributed by atoms with Gasteiger partial charge in [-0.25, -0.2) is 9.37 Å². The molecule has 7 heteroatoms. The molecule has 4 nitrogen and oxygen atoms in total. The number of aromatic nitrogens is 1. The van der Waals surface area contributed by atoms with Gasteiger partial charge in [0.15, 0.2) is 0 Å². The van der Waals surface area contributed by atoms with Gasteiger partial charge in [0.2, 0.25) is 0 Å². The number of benzene rings is 2. The van der Waals surface area contributed by atoms with Crippen LogP contribution in [0.15, 0.2) is 47.8 Å². The van der Waals surface area contributed by atoms with E-state index in [2.05, 4.69) is 10.3 Å². The summed E-state index contributed by atoms with van der Waals surface area (Å²) in [4.78, 5) is 16.5. The largest absolute Gasteiger partial charge is 0.487 e. The number of amides is 1. The molecule has 3 rings (SSSR count). The maximum absolute atomic E-state index is 13.7. The third-order valence-electron chi connectivity index (χ3n) is 3.35. The fraction of sp³-hybridized carbons (Fsp3) is 0.111. The lowest BCUT2D eigenvalue weighted by Crippen LogP contribution is -2.12. The van der Waals surface area contributed by atoms with E-state index in [-0.39, 0.29) is 10.7 Å². The Morgan fingerprint density at radius 2 is 2.04 bits per heavy atom. The van der Waals surface area contributed by atoms with Crippen molar-refractivity contribution >= 4 is 34.5 Å². The Balaban J connectivity index is 1.62. The molecular formula is C18H14ClFN2O2S. The molecule has 1 N–H and O–H groups in total. The van der Waals surface area contributed by atoms with Gasteiger partial charge in [-0.2, -0.15) is 0 Å². The fourth-order valence-electron chi connectivity index (χ4n) is 2.12. The molecule has 1 aromatic heterocycles. The van der Waals surface area contributed by atoms with Crippen molar-refractivity contribution in [1.29, 1.82) is 0 Å². The summed E-state index contributed by atoms with van der Waals surface area (Å²) in [6.45, 7) is 2.30. The van der Waals surface area contributed by atoms with Crippen LogP contribution in [0, 0.1) is 12.7 Å². The highest BCUT2D eigenvalue weighted by atomic mass is 35.5. The first kappa shape index (κ1) is 17.4. The topological polar surface area (TPSA) is 51.2 Å². The van der Waals surface area contributed by atoms with E-state index in [9.17, 15) is 9.18 Å². The number of thiazole rings is 1. The van der Waals surface area contributed by atoms with E-state index in [1.165, 1.54) is 12.1 Å². The summed E-state index contributed by atoms with van der Waals surface area (Å²) in [5.74, 6) is -0.373. The summed E-state index contributed by atoms with van der Waals surface area (Å²) in [5, 5.41) is 5.71. The highest BCUT2D eigenvalue weighted by Crippen LogP contribution is 2.20. The number of ether oxygens (including phenoxy) is 1. The van der Waals surface area contributed by atoms with Crippen LogP contribution in [0.25, 0.3) is 0 Å². The Kier molecular flexibility index (Phi) is 5.31. The van der Waals surface area contributed by atoms with E-state index in [0.717, 1.165) is 16.8 Å². The van der Waals surface area contributed by atoms with Crippen LogP contribution < -0.4 is 10.1 Å². The Morgan fingerprint density at radius 1 is 1.28 bits per heavy atom. The van der Waals surface area contributed by atoms with Crippen molar-refractivity contribution in [3.8, 4) is 5.75 Å². The van der Waals surface area contributed by atoms with Crippen LogP contribution >= 0.6 is 22.9 Å². The quantitative estimate of drug-likeness (QED) is 0.675. The van der Waals surface area contributed by atoms with Crippen molar-refractivity contribution in [3.63, 3.8) is 0 Å². The van der Waals surface area contributed by atoms with Gasteiger partial charge in [-0.05, 0) is 49.4 Å². The second-order valence-electron chi connectivity index (χ2n) is 5.25. The van der Waals surface area contributed by atoms with Crippen molar-refractivity contribution in [2.45, 2.75) is 13.5 Å². The van der Waals surface area contributed by atoms with Gasteiger partial charge in [0.25, 0.3) is 5.91 Å². The summed E-state index contributed by atoms with van der Waals surface area (Å²) >= 11 is 7.26. The molecule has 0 atom stereocenters. The van der Waals surface area contributed by atoms with Crippen LogP contribution in [0.1, 0.15) is 21.1 Å². The standard InChI is InChI=1S/C18H14ClFN2O2S/c1-11-21-14(10-25-11)9-24-15-5-2-12(3-6-15)18(23)22-17-7-4-13(19)8-16(17)20/h2-8,10H,9H2,1H3,(H,22,23). The zero-order chi connectivity index (χ0) is 17.8. The van der Waals surface area contributed by atoms with E-state index in [1.807, 2.05) is 12.3 Å². The third kappa shape index (κ3) is 4.55.